The van der Waals surface area contributed by atoms with E-state index < -0.39 is 0 Å². The summed E-state index contributed by atoms with van der Waals surface area (Å²) >= 11 is 0. The minimum atomic E-state index is -0.0907. The lowest BCUT2D eigenvalue weighted by Gasteiger charge is -2.21. The number of esters is 1. The fourth-order valence-corrected chi connectivity index (χ4v) is 1.79. The lowest BCUT2D eigenvalue weighted by atomic mass is 10.1. The highest BCUT2D eigenvalue weighted by Crippen LogP contribution is 2.08. The molecule has 0 saturated carbocycles. The summed E-state index contributed by atoms with van der Waals surface area (Å²) < 4.78 is 15.4. The first-order valence-corrected chi connectivity index (χ1v) is 6.64. The third kappa shape index (κ3) is 7.34. The van der Waals surface area contributed by atoms with E-state index in [2.05, 4.69) is 6.92 Å². The van der Waals surface area contributed by atoms with E-state index in [1.807, 2.05) is 0 Å². The van der Waals surface area contributed by atoms with Gasteiger partial charge in [0.05, 0.1) is 19.8 Å². The number of carbonyl (C=O) groups is 1. The molecule has 4 heteroatoms. The number of carbonyl (C=O) groups excluding carboxylic acids is 1. The Labute approximate surface area is 104 Å². The maximum Gasteiger partial charge on any atom is 0.305 e. The van der Waals surface area contributed by atoms with Crippen molar-refractivity contribution >= 4 is 5.97 Å². The zero-order valence-corrected chi connectivity index (χ0v) is 10.8. The van der Waals surface area contributed by atoms with Crippen molar-refractivity contribution in [2.45, 2.75) is 45.4 Å². The summed E-state index contributed by atoms with van der Waals surface area (Å²) in [6, 6.07) is 0. The molecule has 0 N–H and O–H groups in total. The number of hydrogen-bond donors (Lipinski definition) is 0. The molecule has 1 aliphatic rings. The van der Waals surface area contributed by atoms with Crippen molar-refractivity contribution in [2.24, 2.45) is 5.92 Å². The van der Waals surface area contributed by atoms with Gasteiger partial charge in [-0.15, -0.1) is 0 Å². The largest absolute Gasteiger partial charge is 0.465 e. The Morgan fingerprint density at radius 3 is 2.59 bits per heavy atom. The minimum Gasteiger partial charge on any atom is -0.465 e. The predicted molar refractivity (Wildman–Crippen MR) is 64.6 cm³/mol. The van der Waals surface area contributed by atoms with Crippen molar-refractivity contribution in [3.8, 4) is 0 Å². The van der Waals surface area contributed by atoms with Gasteiger partial charge < -0.3 is 14.2 Å². The van der Waals surface area contributed by atoms with Gasteiger partial charge in [0.1, 0.15) is 6.79 Å². The van der Waals surface area contributed by atoms with E-state index >= 15 is 0 Å². The molecule has 0 atom stereocenters. The Balaban J connectivity index is 1.93. The molecule has 1 fully saturated rings. The summed E-state index contributed by atoms with van der Waals surface area (Å²) in [5.41, 5.74) is 0. The molecule has 0 unspecified atom stereocenters. The molecule has 0 aromatic heterocycles. The number of hydrogen-bond acceptors (Lipinski definition) is 4. The summed E-state index contributed by atoms with van der Waals surface area (Å²) in [6.07, 6.45) is 6.30. The van der Waals surface area contributed by atoms with Crippen LogP contribution < -0.4 is 0 Å². The minimum absolute atomic E-state index is 0.0907. The van der Waals surface area contributed by atoms with Gasteiger partial charge in [-0.25, -0.2) is 0 Å². The third-order valence-corrected chi connectivity index (χ3v) is 2.84. The van der Waals surface area contributed by atoms with Crippen LogP contribution in [0.1, 0.15) is 45.4 Å². The Hall–Kier alpha value is -0.610. The smallest absolute Gasteiger partial charge is 0.305 e. The zero-order valence-electron chi connectivity index (χ0n) is 10.8. The summed E-state index contributed by atoms with van der Waals surface area (Å²) in [5, 5.41) is 0. The average molecular weight is 244 g/mol. The van der Waals surface area contributed by atoms with Gasteiger partial charge in [-0.2, -0.15) is 0 Å². The molecule has 4 nitrogen and oxygen atoms in total. The second-order valence-corrected chi connectivity index (χ2v) is 4.57. The fraction of sp³-hybridized carbons (Fsp3) is 0.923. The SMILES string of the molecule is CCCCCCCC(=O)OCC1COCOC1. The molecular weight excluding hydrogens is 220 g/mol. The van der Waals surface area contributed by atoms with Crippen LogP contribution >= 0.6 is 0 Å². The zero-order chi connectivity index (χ0) is 12.3. The van der Waals surface area contributed by atoms with Crippen molar-refractivity contribution in [2.75, 3.05) is 26.6 Å². The molecule has 0 spiro atoms. The average Bonchev–Trinajstić information content (AvgIpc) is 2.37. The van der Waals surface area contributed by atoms with Gasteiger partial charge in [-0.3, -0.25) is 4.79 Å². The van der Waals surface area contributed by atoms with E-state index in [4.69, 9.17) is 14.2 Å². The third-order valence-electron chi connectivity index (χ3n) is 2.84. The van der Waals surface area contributed by atoms with Gasteiger partial charge >= 0.3 is 5.97 Å². The lowest BCUT2D eigenvalue weighted by molar-refractivity contribution is -0.158. The van der Waals surface area contributed by atoms with Crippen molar-refractivity contribution < 1.29 is 19.0 Å². The first-order chi connectivity index (χ1) is 8.33. The molecule has 0 aliphatic carbocycles. The quantitative estimate of drug-likeness (QED) is 0.486. The van der Waals surface area contributed by atoms with Gasteiger partial charge in [0, 0.05) is 12.3 Å². The highest BCUT2D eigenvalue weighted by atomic mass is 16.7. The van der Waals surface area contributed by atoms with Gasteiger partial charge in [0.15, 0.2) is 0 Å². The van der Waals surface area contributed by atoms with Crippen LogP contribution in [-0.2, 0) is 19.0 Å². The van der Waals surface area contributed by atoms with Gasteiger partial charge in [0.2, 0.25) is 0 Å². The van der Waals surface area contributed by atoms with Crippen LogP contribution in [0.5, 0.6) is 0 Å². The summed E-state index contributed by atoms with van der Waals surface area (Å²) in [7, 11) is 0. The molecule has 1 heterocycles. The van der Waals surface area contributed by atoms with Crippen LogP contribution in [0, 0.1) is 5.92 Å². The van der Waals surface area contributed by atoms with Crippen molar-refractivity contribution in [3.63, 3.8) is 0 Å². The molecule has 1 rings (SSSR count). The Bertz CT molecular complexity index is 200. The summed E-state index contributed by atoms with van der Waals surface area (Å²) in [6.45, 7) is 4.23. The van der Waals surface area contributed by atoms with Crippen LogP contribution in [0.2, 0.25) is 0 Å². The van der Waals surface area contributed by atoms with Gasteiger partial charge in [-0.1, -0.05) is 32.6 Å². The maximum absolute atomic E-state index is 11.4. The van der Waals surface area contributed by atoms with Crippen LogP contribution in [0.15, 0.2) is 0 Å². The first-order valence-electron chi connectivity index (χ1n) is 6.64. The molecule has 0 radical (unpaired) electrons. The Morgan fingerprint density at radius 1 is 1.18 bits per heavy atom. The van der Waals surface area contributed by atoms with E-state index in [-0.39, 0.29) is 11.9 Å². The van der Waals surface area contributed by atoms with Crippen LogP contribution in [0.25, 0.3) is 0 Å². The Morgan fingerprint density at radius 2 is 1.88 bits per heavy atom. The monoisotopic (exact) mass is 244 g/mol. The molecular formula is C13H24O4. The van der Waals surface area contributed by atoms with Crippen molar-refractivity contribution in [1.29, 1.82) is 0 Å². The topological polar surface area (TPSA) is 44.8 Å². The number of unbranched alkanes of at least 4 members (excludes halogenated alkanes) is 4. The maximum atomic E-state index is 11.4. The second kappa shape index (κ2) is 9.42. The van der Waals surface area contributed by atoms with E-state index in [0.29, 0.717) is 33.0 Å². The molecule has 0 amide bonds. The van der Waals surface area contributed by atoms with Crippen LogP contribution in [-0.4, -0.2) is 32.6 Å². The number of ether oxygens (including phenoxy) is 3. The molecule has 0 aromatic rings. The summed E-state index contributed by atoms with van der Waals surface area (Å²) in [5.74, 6) is 0.111. The molecule has 17 heavy (non-hydrogen) atoms. The molecule has 100 valence electrons. The van der Waals surface area contributed by atoms with Gasteiger partial charge in [-0.05, 0) is 6.42 Å². The highest BCUT2D eigenvalue weighted by molar-refractivity contribution is 5.69. The first kappa shape index (κ1) is 14.5. The normalized spacial score (nSPS) is 17.0. The highest BCUT2D eigenvalue weighted by Gasteiger charge is 2.16. The Kier molecular flexibility index (Phi) is 8.01. The van der Waals surface area contributed by atoms with Crippen LogP contribution in [0.4, 0.5) is 0 Å². The van der Waals surface area contributed by atoms with E-state index in [1.54, 1.807) is 0 Å². The fourth-order valence-electron chi connectivity index (χ4n) is 1.79. The predicted octanol–water partition coefficient (Wildman–Crippen LogP) is 2.51. The van der Waals surface area contributed by atoms with Crippen molar-refractivity contribution in [3.05, 3.63) is 0 Å². The van der Waals surface area contributed by atoms with E-state index in [9.17, 15) is 4.79 Å². The van der Waals surface area contributed by atoms with Crippen molar-refractivity contribution in [1.82, 2.24) is 0 Å². The van der Waals surface area contributed by atoms with Gasteiger partial charge in [0.25, 0.3) is 0 Å². The molecule has 0 aromatic carbocycles. The lowest BCUT2D eigenvalue weighted by Crippen LogP contribution is -2.28. The molecule has 1 aliphatic heterocycles. The van der Waals surface area contributed by atoms with E-state index in [0.717, 1.165) is 12.8 Å². The molecule has 1 saturated heterocycles. The van der Waals surface area contributed by atoms with E-state index in [1.165, 1.54) is 19.3 Å². The standard InChI is InChI=1S/C13H24O4/c1-2-3-4-5-6-7-13(14)17-10-12-8-15-11-16-9-12/h12H,2-11H2,1H3. The van der Waals surface area contributed by atoms with Crippen LogP contribution in [0.3, 0.4) is 0 Å². The number of rotatable bonds is 8. The molecule has 0 bridgehead atoms. The second-order valence-electron chi connectivity index (χ2n) is 4.57. The summed E-state index contributed by atoms with van der Waals surface area (Å²) in [4.78, 5) is 11.4.